The van der Waals surface area contributed by atoms with Crippen LogP contribution in [-0.4, -0.2) is 6.29 Å². The quantitative estimate of drug-likeness (QED) is 0.715. The van der Waals surface area contributed by atoms with Crippen LogP contribution in [0.25, 0.3) is 0 Å². The molecule has 0 saturated heterocycles. The van der Waals surface area contributed by atoms with Crippen molar-refractivity contribution in [1.29, 1.82) is 5.26 Å². The number of hydrogen-bond donors (Lipinski definition) is 0. The van der Waals surface area contributed by atoms with E-state index >= 15 is 0 Å². The number of aryl methyl sites for hydroxylation is 1. The molecule has 15 heavy (non-hydrogen) atoms. The van der Waals surface area contributed by atoms with Crippen molar-refractivity contribution in [2.45, 2.75) is 19.3 Å². The molecule has 0 heterocycles. The lowest BCUT2D eigenvalue weighted by Gasteiger charge is -2.05. The van der Waals surface area contributed by atoms with Crippen LogP contribution in [0.2, 0.25) is 0 Å². The van der Waals surface area contributed by atoms with E-state index in [9.17, 15) is 13.6 Å². The van der Waals surface area contributed by atoms with Gasteiger partial charge in [0.25, 0.3) is 6.43 Å². The van der Waals surface area contributed by atoms with Crippen molar-refractivity contribution in [2.24, 2.45) is 0 Å². The van der Waals surface area contributed by atoms with Crippen LogP contribution in [0.15, 0.2) is 18.2 Å². The Balaban J connectivity index is 2.99. The number of halogens is 2. The number of alkyl halides is 2. The number of nitrogens with zero attached hydrogens (tertiary/aromatic N) is 1. The average Bonchev–Trinajstić information content (AvgIpc) is 2.25. The molecule has 0 fully saturated rings. The molecular weight excluding hydrogens is 200 g/mol. The minimum absolute atomic E-state index is 0.169. The first-order chi connectivity index (χ1) is 7.19. The van der Waals surface area contributed by atoms with E-state index in [0.29, 0.717) is 18.3 Å². The highest BCUT2D eigenvalue weighted by Crippen LogP contribution is 2.21. The molecule has 0 aliphatic heterocycles. The molecule has 1 aromatic rings. The van der Waals surface area contributed by atoms with E-state index in [2.05, 4.69) is 0 Å². The molecular formula is C11H9F2NO. The van der Waals surface area contributed by atoms with Gasteiger partial charge in [-0.2, -0.15) is 5.26 Å². The third-order valence-electron chi connectivity index (χ3n) is 2.06. The second-order valence-corrected chi connectivity index (χ2v) is 3.03. The van der Waals surface area contributed by atoms with E-state index in [-0.39, 0.29) is 17.5 Å². The monoisotopic (exact) mass is 209 g/mol. The summed E-state index contributed by atoms with van der Waals surface area (Å²) >= 11 is 0. The predicted octanol–water partition coefficient (Wildman–Crippen LogP) is 2.89. The van der Waals surface area contributed by atoms with Gasteiger partial charge in [0.15, 0.2) is 0 Å². The van der Waals surface area contributed by atoms with Crippen LogP contribution in [-0.2, 0) is 6.42 Å². The van der Waals surface area contributed by atoms with Gasteiger partial charge < -0.3 is 0 Å². The second-order valence-electron chi connectivity index (χ2n) is 3.03. The van der Waals surface area contributed by atoms with Gasteiger partial charge in [-0.25, -0.2) is 8.78 Å². The predicted molar refractivity (Wildman–Crippen MR) is 50.7 cm³/mol. The van der Waals surface area contributed by atoms with E-state index in [1.54, 1.807) is 0 Å². The van der Waals surface area contributed by atoms with Crippen molar-refractivity contribution >= 4 is 6.29 Å². The summed E-state index contributed by atoms with van der Waals surface area (Å²) in [6, 6.07) is 5.87. The van der Waals surface area contributed by atoms with E-state index < -0.39 is 6.43 Å². The smallest absolute Gasteiger partial charge is 0.263 e. The average molecular weight is 209 g/mol. The highest BCUT2D eigenvalue weighted by molar-refractivity contribution is 5.77. The maximum atomic E-state index is 12.3. The molecule has 0 N–H and O–H groups in total. The van der Waals surface area contributed by atoms with E-state index in [0.717, 1.165) is 0 Å². The van der Waals surface area contributed by atoms with Crippen molar-refractivity contribution in [3.8, 4) is 6.07 Å². The van der Waals surface area contributed by atoms with E-state index in [1.807, 2.05) is 6.07 Å². The summed E-state index contributed by atoms with van der Waals surface area (Å²) < 4.78 is 24.6. The van der Waals surface area contributed by atoms with Gasteiger partial charge in [-0.05, 0) is 18.1 Å². The molecule has 2 nitrogen and oxygen atoms in total. The Hall–Kier alpha value is -1.76. The largest absolute Gasteiger partial charge is 0.298 e. The summed E-state index contributed by atoms with van der Waals surface area (Å²) in [6.45, 7) is 0. The van der Waals surface area contributed by atoms with Gasteiger partial charge in [0.2, 0.25) is 0 Å². The Morgan fingerprint density at radius 2 is 2.20 bits per heavy atom. The molecule has 0 atom stereocenters. The van der Waals surface area contributed by atoms with Crippen LogP contribution < -0.4 is 0 Å². The molecule has 1 aromatic carbocycles. The minimum atomic E-state index is -2.58. The summed E-state index contributed by atoms with van der Waals surface area (Å²) in [6.07, 6.45) is -1.35. The first-order valence-corrected chi connectivity index (χ1v) is 4.42. The molecule has 78 valence electrons. The Labute approximate surface area is 86.1 Å². The maximum absolute atomic E-state index is 12.3. The fourth-order valence-electron chi connectivity index (χ4n) is 1.28. The Kier molecular flexibility index (Phi) is 3.92. The zero-order chi connectivity index (χ0) is 11.3. The van der Waals surface area contributed by atoms with Gasteiger partial charge in [-0.1, -0.05) is 12.1 Å². The molecule has 0 saturated carbocycles. The van der Waals surface area contributed by atoms with E-state index in [1.165, 1.54) is 18.2 Å². The number of hydrogen-bond acceptors (Lipinski definition) is 2. The summed E-state index contributed by atoms with van der Waals surface area (Å²) in [5.74, 6) is 0. The lowest BCUT2D eigenvalue weighted by atomic mass is 10.0. The van der Waals surface area contributed by atoms with Gasteiger partial charge in [0, 0.05) is 17.5 Å². The molecule has 0 amide bonds. The van der Waals surface area contributed by atoms with Crippen LogP contribution in [0, 0.1) is 11.3 Å². The Bertz CT molecular complexity index is 396. The number of aldehydes is 1. The molecule has 0 aliphatic rings. The first kappa shape index (κ1) is 11.3. The summed E-state index contributed by atoms with van der Waals surface area (Å²) in [4.78, 5) is 10.6. The number of carbonyl (C=O) groups is 1. The Morgan fingerprint density at radius 3 is 2.73 bits per heavy atom. The summed E-state index contributed by atoms with van der Waals surface area (Å²) in [5, 5.41) is 8.38. The van der Waals surface area contributed by atoms with Crippen molar-refractivity contribution in [2.75, 3.05) is 0 Å². The number of rotatable bonds is 4. The first-order valence-electron chi connectivity index (χ1n) is 4.42. The molecule has 1 rings (SSSR count). The van der Waals surface area contributed by atoms with Gasteiger partial charge in [0.1, 0.15) is 6.29 Å². The molecule has 0 spiro atoms. The van der Waals surface area contributed by atoms with Crippen molar-refractivity contribution in [1.82, 2.24) is 0 Å². The van der Waals surface area contributed by atoms with Crippen molar-refractivity contribution in [3.63, 3.8) is 0 Å². The maximum Gasteiger partial charge on any atom is 0.263 e. The fraction of sp³-hybridized carbons (Fsp3) is 0.273. The number of nitriles is 1. The lowest BCUT2D eigenvalue weighted by Crippen LogP contribution is -1.95. The highest BCUT2D eigenvalue weighted by atomic mass is 19.3. The molecule has 0 aliphatic carbocycles. The van der Waals surface area contributed by atoms with Gasteiger partial charge >= 0.3 is 0 Å². The van der Waals surface area contributed by atoms with Crippen LogP contribution in [0.3, 0.4) is 0 Å². The minimum Gasteiger partial charge on any atom is -0.298 e. The Morgan fingerprint density at radius 1 is 1.47 bits per heavy atom. The third kappa shape index (κ3) is 2.84. The molecule has 4 heteroatoms. The zero-order valence-electron chi connectivity index (χ0n) is 7.91. The molecule has 0 radical (unpaired) electrons. The third-order valence-corrected chi connectivity index (χ3v) is 2.06. The van der Waals surface area contributed by atoms with Gasteiger partial charge in [-0.15, -0.1) is 0 Å². The lowest BCUT2D eigenvalue weighted by molar-refractivity contribution is 0.112. The van der Waals surface area contributed by atoms with Crippen LogP contribution >= 0.6 is 0 Å². The SMILES string of the molecule is N#CCCc1ccc(C(F)F)cc1C=O. The number of benzene rings is 1. The van der Waals surface area contributed by atoms with Gasteiger partial charge in [-0.3, -0.25) is 4.79 Å². The van der Waals surface area contributed by atoms with Crippen LogP contribution in [0.4, 0.5) is 8.78 Å². The van der Waals surface area contributed by atoms with Crippen LogP contribution in [0.5, 0.6) is 0 Å². The summed E-state index contributed by atoms with van der Waals surface area (Å²) in [7, 11) is 0. The van der Waals surface area contributed by atoms with Crippen molar-refractivity contribution < 1.29 is 13.6 Å². The molecule has 0 unspecified atom stereocenters. The van der Waals surface area contributed by atoms with E-state index in [4.69, 9.17) is 5.26 Å². The zero-order valence-corrected chi connectivity index (χ0v) is 7.91. The van der Waals surface area contributed by atoms with Crippen LogP contribution in [0.1, 0.15) is 34.3 Å². The fourth-order valence-corrected chi connectivity index (χ4v) is 1.28. The normalized spacial score (nSPS) is 10.0. The molecule has 0 bridgehead atoms. The summed E-state index contributed by atoms with van der Waals surface area (Å²) in [5.41, 5.74) is 0.705. The molecule has 0 aromatic heterocycles. The second kappa shape index (κ2) is 5.20. The topological polar surface area (TPSA) is 40.9 Å². The van der Waals surface area contributed by atoms with Gasteiger partial charge in [0.05, 0.1) is 6.07 Å². The number of carbonyl (C=O) groups excluding carboxylic acids is 1. The highest BCUT2D eigenvalue weighted by Gasteiger charge is 2.09. The van der Waals surface area contributed by atoms with Crippen molar-refractivity contribution in [3.05, 3.63) is 34.9 Å². The standard InChI is InChI=1S/C11H9F2NO/c12-11(13)9-4-3-8(2-1-5-14)10(6-9)7-15/h3-4,6-7,11H,1-2H2.